The van der Waals surface area contributed by atoms with Crippen LogP contribution in [0.15, 0.2) is 0 Å². The van der Waals surface area contributed by atoms with Crippen LogP contribution < -0.4 is 11.1 Å². The quantitative estimate of drug-likeness (QED) is 0.724. The van der Waals surface area contributed by atoms with E-state index in [-0.39, 0.29) is 11.9 Å². The fourth-order valence-electron chi connectivity index (χ4n) is 2.97. The third-order valence-electron chi connectivity index (χ3n) is 4.48. The molecule has 1 heterocycles. The first-order valence-corrected chi connectivity index (χ1v) is 7.76. The number of hydrogen-bond donors (Lipinski definition) is 2. The molecule has 114 valence electrons. The Kier molecular flexibility index (Phi) is 6.51. The molecule has 0 aromatic carbocycles. The van der Waals surface area contributed by atoms with Gasteiger partial charge in [-0.05, 0) is 39.2 Å². The Morgan fingerprint density at radius 1 is 1.50 bits per heavy atom. The van der Waals surface area contributed by atoms with E-state index in [1.165, 1.54) is 6.42 Å². The van der Waals surface area contributed by atoms with Gasteiger partial charge in [-0.3, -0.25) is 9.69 Å². The molecular formula is C16H29N3O. The van der Waals surface area contributed by atoms with Crippen molar-refractivity contribution in [1.82, 2.24) is 10.2 Å². The molecule has 4 nitrogen and oxygen atoms in total. The molecule has 3 N–H and O–H groups in total. The molecule has 0 radical (unpaired) electrons. The van der Waals surface area contributed by atoms with Gasteiger partial charge in [0.05, 0.1) is 6.54 Å². The van der Waals surface area contributed by atoms with E-state index in [2.05, 4.69) is 16.1 Å². The summed E-state index contributed by atoms with van der Waals surface area (Å²) in [6, 6.07) is 0.399. The second-order valence-corrected chi connectivity index (χ2v) is 5.87. The zero-order chi connectivity index (χ0) is 15.2. The van der Waals surface area contributed by atoms with E-state index in [9.17, 15) is 4.79 Å². The summed E-state index contributed by atoms with van der Waals surface area (Å²) in [6.07, 6.45) is 10.5. The fraction of sp³-hybridized carbons (Fsp3) is 0.812. The van der Waals surface area contributed by atoms with Crippen LogP contribution in [0.1, 0.15) is 52.9 Å². The van der Waals surface area contributed by atoms with Crippen LogP contribution in [-0.2, 0) is 4.79 Å². The van der Waals surface area contributed by atoms with E-state index in [1.807, 2.05) is 20.8 Å². The third kappa shape index (κ3) is 4.22. The number of likely N-dealkylation sites (tertiary alicyclic amines) is 1. The van der Waals surface area contributed by atoms with Crippen LogP contribution in [0.4, 0.5) is 0 Å². The van der Waals surface area contributed by atoms with Gasteiger partial charge in [0.1, 0.15) is 5.54 Å². The number of nitrogens with one attached hydrogen (secondary N) is 1. The first-order valence-electron chi connectivity index (χ1n) is 7.76. The number of carbonyl (C=O) groups is 1. The monoisotopic (exact) mass is 279 g/mol. The van der Waals surface area contributed by atoms with Crippen LogP contribution >= 0.6 is 0 Å². The number of carbonyl (C=O) groups excluding carboxylic acids is 1. The Morgan fingerprint density at radius 3 is 2.65 bits per heavy atom. The molecule has 0 aromatic heterocycles. The number of nitrogens with two attached hydrogens (primary N) is 1. The summed E-state index contributed by atoms with van der Waals surface area (Å²) in [6.45, 7) is 7.38. The minimum absolute atomic E-state index is 0.0131. The van der Waals surface area contributed by atoms with Gasteiger partial charge in [-0.15, -0.1) is 6.42 Å². The van der Waals surface area contributed by atoms with E-state index in [4.69, 9.17) is 12.2 Å². The minimum Gasteiger partial charge on any atom is -0.339 e. The lowest BCUT2D eigenvalue weighted by Crippen LogP contribution is -2.55. The third-order valence-corrected chi connectivity index (χ3v) is 4.48. The molecule has 1 aliphatic heterocycles. The zero-order valence-electron chi connectivity index (χ0n) is 13.1. The van der Waals surface area contributed by atoms with E-state index < -0.39 is 5.54 Å². The molecule has 1 saturated heterocycles. The van der Waals surface area contributed by atoms with Crippen LogP contribution in [0.3, 0.4) is 0 Å². The van der Waals surface area contributed by atoms with Gasteiger partial charge in [0.25, 0.3) is 0 Å². The number of hydrogen-bond acceptors (Lipinski definition) is 3. The van der Waals surface area contributed by atoms with Crippen molar-refractivity contribution in [2.75, 3.05) is 13.1 Å². The molecule has 1 rings (SSSR count). The van der Waals surface area contributed by atoms with Crippen molar-refractivity contribution in [2.24, 2.45) is 5.73 Å². The van der Waals surface area contributed by atoms with Gasteiger partial charge in [-0.25, -0.2) is 0 Å². The summed E-state index contributed by atoms with van der Waals surface area (Å²) in [5, 5.41) is 3.03. The van der Waals surface area contributed by atoms with Crippen LogP contribution in [0, 0.1) is 12.3 Å². The van der Waals surface area contributed by atoms with Crippen molar-refractivity contribution in [2.45, 2.75) is 70.5 Å². The second-order valence-electron chi connectivity index (χ2n) is 5.87. The van der Waals surface area contributed by atoms with E-state index in [0.29, 0.717) is 12.6 Å². The summed E-state index contributed by atoms with van der Waals surface area (Å²) in [4.78, 5) is 14.5. The molecule has 20 heavy (non-hydrogen) atoms. The van der Waals surface area contributed by atoms with Gasteiger partial charge in [-0.1, -0.05) is 26.2 Å². The Bertz CT molecular complexity index is 355. The van der Waals surface area contributed by atoms with Crippen molar-refractivity contribution in [3.05, 3.63) is 0 Å². The molecule has 0 saturated carbocycles. The number of piperidine rings is 1. The van der Waals surface area contributed by atoms with Gasteiger partial charge in [0.15, 0.2) is 0 Å². The largest absolute Gasteiger partial charge is 0.339 e. The zero-order valence-corrected chi connectivity index (χ0v) is 13.1. The molecule has 0 bridgehead atoms. The Hall–Kier alpha value is -1.05. The predicted octanol–water partition coefficient (Wildman–Crippen LogP) is 1.50. The van der Waals surface area contributed by atoms with E-state index in [0.717, 1.165) is 32.2 Å². The molecule has 0 aromatic rings. The van der Waals surface area contributed by atoms with Crippen molar-refractivity contribution in [3.63, 3.8) is 0 Å². The molecular weight excluding hydrogens is 250 g/mol. The topological polar surface area (TPSA) is 58.4 Å². The molecule has 4 heteroatoms. The highest BCUT2D eigenvalue weighted by Gasteiger charge is 2.30. The fourth-order valence-corrected chi connectivity index (χ4v) is 2.97. The lowest BCUT2D eigenvalue weighted by Gasteiger charge is -2.38. The summed E-state index contributed by atoms with van der Waals surface area (Å²) in [5.74, 6) is 2.76. The molecule has 1 aliphatic rings. The van der Waals surface area contributed by atoms with Gasteiger partial charge in [0.2, 0.25) is 5.91 Å². The highest BCUT2D eigenvalue weighted by atomic mass is 16.2. The molecule has 0 spiro atoms. The van der Waals surface area contributed by atoms with E-state index in [1.54, 1.807) is 0 Å². The highest BCUT2D eigenvalue weighted by Crippen LogP contribution is 2.19. The van der Waals surface area contributed by atoms with E-state index >= 15 is 0 Å². The minimum atomic E-state index is -0.503. The van der Waals surface area contributed by atoms with Gasteiger partial charge >= 0.3 is 0 Å². The first-order chi connectivity index (χ1) is 9.48. The Morgan fingerprint density at radius 2 is 2.15 bits per heavy atom. The highest BCUT2D eigenvalue weighted by molar-refractivity contribution is 5.79. The van der Waals surface area contributed by atoms with Gasteiger partial charge < -0.3 is 11.1 Å². The van der Waals surface area contributed by atoms with Gasteiger partial charge in [0, 0.05) is 12.1 Å². The standard InChI is InChI=1S/C16H29N3O/c1-5-16(6-2,7-3)18-15(20)12-19-11-9-8-10-14(19)13(4)17/h1,13-14H,6-12,17H2,2-4H3,(H,18,20). The van der Waals surface area contributed by atoms with Crippen LogP contribution in [0.25, 0.3) is 0 Å². The number of nitrogens with zero attached hydrogens (tertiary/aromatic N) is 1. The predicted molar refractivity (Wildman–Crippen MR) is 83.2 cm³/mol. The summed E-state index contributed by atoms with van der Waals surface area (Å²) in [7, 11) is 0. The average molecular weight is 279 g/mol. The number of terminal acetylenes is 1. The molecule has 1 amide bonds. The van der Waals surface area contributed by atoms with Crippen LogP contribution in [0.5, 0.6) is 0 Å². The molecule has 2 unspecified atom stereocenters. The smallest absolute Gasteiger partial charge is 0.235 e. The average Bonchev–Trinajstić information content (AvgIpc) is 2.45. The Balaban J connectivity index is 2.63. The first kappa shape index (κ1) is 17.0. The normalized spacial score (nSPS) is 22.1. The maximum absolute atomic E-state index is 12.3. The Labute approximate surface area is 123 Å². The summed E-state index contributed by atoms with van der Waals surface area (Å²) >= 11 is 0. The summed E-state index contributed by atoms with van der Waals surface area (Å²) in [5.41, 5.74) is 5.53. The van der Waals surface area contributed by atoms with Crippen molar-refractivity contribution < 1.29 is 4.79 Å². The summed E-state index contributed by atoms with van der Waals surface area (Å²) < 4.78 is 0. The van der Waals surface area contributed by atoms with Gasteiger partial charge in [-0.2, -0.15) is 0 Å². The number of rotatable bonds is 6. The van der Waals surface area contributed by atoms with Crippen molar-refractivity contribution in [3.8, 4) is 12.3 Å². The lowest BCUT2D eigenvalue weighted by molar-refractivity contribution is -0.124. The number of amides is 1. The molecule has 0 aliphatic carbocycles. The maximum Gasteiger partial charge on any atom is 0.235 e. The van der Waals surface area contributed by atoms with Crippen molar-refractivity contribution in [1.29, 1.82) is 0 Å². The SMILES string of the molecule is C#CC(CC)(CC)NC(=O)CN1CCCCC1C(C)N. The second kappa shape index (κ2) is 7.66. The molecule has 2 atom stereocenters. The van der Waals surface area contributed by atoms with Crippen LogP contribution in [0.2, 0.25) is 0 Å². The lowest BCUT2D eigenvalue weighted by atomic mass is 9.93. The maximum atomic E-state index is 12.3. The van der Waals surface area contributed by atoms with Crippen LogP contribution in [-0.4, -0.2) is 41.5 Å². The van der Waals surface area contributed by atoms with Crippen molar-refractivity contribution >= 4 is 5.91 Å². The molecule has 1 fully saturated rings.